The quantitative estimate of drug-likeness (QED) is 0.393. The van der Waals surface area contributed by atoms with Crippen molar-refractivity contribution in [2.45, 2.75) is 6.61 Å². The number of ether oxygens (including phenoxy) is 1. The van der Waals surface area contributed by atoms with E-state index in [9.17, 15) is 9.90 Å². The number of carboxylic acids is 1. The number of aromatic nitrogens is 2. The first-order valence-electron chi connectivity index (χ1n) is 9.06. The zero-order valence-electron chi connectivity index (χ0n) is 15.6. The molecule has 0 radical (unpaired) electrons. The molecule has 1 N–H and O–H groups in total. The predicted octanol–water partition coefficient (Wildman–Crippen LogP) is 6.12. The molecule has 1 aromatic heterocycles. The normalized spacial score (nSPS) is 10.7. The first-order valence-corrected chi connectivity index (χ1v) is 9.82. The van der Waals surface area contributed by atoms with Crippen LogP contribution in [0.25, 0.3) is 17.1 Å². The number of carbonyl (C=O) groups is 1. The summed E-state index contributed by atoms with van der Waals surface area (Å²) in [7, 11) is 0. The van der Waals surface area contributed by atoms with Crippen molar-refractivity contribution in [1.82, 2.24) is 9.55 Å². The molecule has 4 aromatic rings. The second kappa shape index (κ2) is 8.61. The van der Waals surface area contributed by atoms with Crippen LogP contribution in [0.3, 0.4) is 0 Å². The van der Waals surface area contributed by atoms with Crippen LogP contribution in [0, 0.1) is 0 Å². The topological polar surface area (TPSA) is 64.3 Å². The largest absolute Gasteiger partial charge is 0.489 e. The molecule has 0 aliphatic carbocycles. The molecule has 7 heteroatoms. The standard InChI is InChI=1S/C23H16Cl2N2O3/c24-16-6-11-19(20(25)12-16)22-26-21(23(28)29)13-27(22)17-7-9-18(10-8-17)30-14-15-4-2-1-3-5-15/h1-13H,14H2,(H,28,29). The number of imidazole rings is 1. The number of hydrogen-bond donors (Lipinski definition) is 1. The van der Waals surface area contributed by atoms with Gasteiger partial charge in [0.05, 0.1) is 5.02 Å². The summed E-state index contributed by atoms with van der Waals surface area (Å²) in [5.41, 5.74) is 2.29. The van der Waals surface area contributed by atoms with E-state index in [-0.39, 0.29) is 5.69 Å². The molecule has 0 saturated heterocycles. The highest BCUT2D eigenvalue weighted by atomic mass is 35.5. The van der Waals surface area contributed by atoms with Crippen LogP contribution in [0.15, 0.2) is 79.0 Å². The van der Waals surface area contributed by atoms with Gasteiger partial charge in [0.2, 0.25) is 0 Å². The molecule has 30 heavy (non-hydrogen) atoms. The van der Waals surface area contributed by atoms with E-state index in [4.69, 9.17) is 27.9 Å². The SMILES string of the molecule is O=C(O)c1cn(-c2ccc(OCc3ccccc3)cc2)c(-c2ccc(Cl)cc2Cl)n1. The van der Waals surface area contributed by atoms with Gasteiger partial charge in [-0.25, -0.2) is 9.78 Å². The van der Waals surface area contributed by atoms with Gasteiger partial charge < -0.3 is 9.84 Å². The van der Waals surface area contributed by atoms with Gasteiger partial charge in [-0.15, -0.1) is 0 Å². The van der Waals surface area contributed by atoms with Crippen LogP contribution in [0.2, 0.25) is 10.0 Å². The van der Waals surface area contributed by atoms with Gasteiger partial charge >= 0.3 is 5.97 Å². The van der Waals surface area contributed by atoms with Crippen LogP contribution >= 0.6 is 23.2 Å². The molecular formula is C23H16Cl2N2O3. The second-order valence-electron chi connectivity index (χ2n) is 6.52. The van der Waals surface area contributed by atoms with Gasteiger partial charge in [-0.2, -0.15) is 0 Å². The summed E-state index contributed by atoms with van der Waals surface area (Å²) in [5, 5.41) is 10.3. The minimum absolute atomic E-state index is 0.0829. The van der Waals surface area contributed by atoms with E-state index >= 15 is 0 Å². The zero-order valence-corrected chi connectivity index (χ0v) is 17.1. The van der Waals surface area contributed by atoms with Crippen LogP contribution in [0.1, 0.15) is 16.1 Å². The lowest BCUT2D eigenvalue weighted by molar-refractivity contribution is 0.0691. The highest BCUT2D eigenvalue weighted by molar-refractivity contribution is 6.36. The fourth-order valence-corrected chi connectivity index (χ4v) is 3.48. The average Bonchev–Trinajstić information content (AvgIpc) is 3.19. The molecule has 0 unspecified atom stereocenters. The third-order valence-corrected chi connectivity index (χ3v) is 5.01. The number of halogens is 2. The lowest BCUT2D eigenvalue weighted by atomic mass is 10.2. The molecule has 0 spiro atoms. The summed E-state index contributed by atoms with van der Waals surface area (Å²) >= 11 is 12.3. The summed E-state index contributed by atoms with van der Waals surface area (Å²) in [5.74, 6) is -0.0119. The number of benzene rings is 3. The summed E-state index contributed by atoms with van der Waals surface area (Å²) in [6, 6.07) is 22.2. The first-order chi connectivity index (χ1) is 14.5. The van der Waals surface area contributed by atoms with Gasteiger partial charge in [0.15, 0.2) is 5.69 Å². The van der Waals surface area contributed by atoms with E-state index in [0.29, 0.717) is 33.8 Å². The third-order valence-electron chi connectivity index (χ3n) is 4.46. The summed E-state index contributed by atoms with van der Waals surface area (Å²) in [6.45, 7) is 0.458. The van der Waals surface area contributed by atoms with E-state index in [1.165, 1.54) is 6.20 Å². The highest BCUT2D eigenvalue weighted by Crippen LogP contribution is 2.32. The van der Waals surface area contributed by atoms with Gasteiger partial charge in [0.25, 0.3) is 0 Å². The summed E-state index contributed by atoms with van der Waals surface area (Å²) in [6.07, 6.45) is 1.46. The van der Waals surface area contributed by atoms with Gasteiger partial charge in [0, 0.05) is 22.5 Å². The third kappa shape index (κ3) is 4.32. The molecule has 0 aliphatic heterocycles. The van der Waals surface area contributed by atoms with Crippen molar-refractivity contribution in [2.75, 3.05) is 0 Å². The lowest BCUT2D eigenvalue weighted by Crippen LogP contribution is -1.98. The Hall–Kier alpha value is -3.28. The van der Waals surface area contributed by atoms with Crippen LogP contribution in [-0.2, 0) is 6.61 Å². The molecule has 0 aliphatic rings. The fraction of sp³-hybridized carbons (Fsp3) is 0.0435. The molecule has 4 rings (SSSR count). The molecule has 0 fully saturated rings. The Kier molecular flexibility index (Phi) is 5.74. The van der Waals surface area contributed by atoms with Gasteiger partial charge in [-0.05, 0) is 48.0 Å². The van der Waals surface area contributed by atoms with Crippen molar-refractivity contribution in [3.63, 3.8) is 0 Å². The van der Waals surface area contributed by atoms with Crippen LogP contribution in [-0.4, -0.2) is 20.6 Å². The Morgan fingerprint density at radius 2 is 1.73 bits per heavy atom. The van der Waals surface area contributed by atoms with Crippen molar-refractivity contribution in [3.05, 3.63) is 100 Å². The smallest absolute Gasteiger partial charge is 0.356 e. The van der Waals surface area contributed by atoms with E-state index in [1.807, 2.05) is 54.6 Å². The predicted molar refractivity (Wildman–Crippen MR) is 117 cm³/mol. The van der Waals surface area contributed by atoms with E-state index in [0.717, 1.165) is 11.3 Å². The minimum Gasteiger partial charge on any atom is -0.489 e. The van der Waals surface area contributed by atoms with Crippen molar-refractivity contribution >= 4 is 29.2 Å². The minimum atomic E-state index is -1.12. The molecule has 0 atom stereocenters. The van der Waals surface area contributed by atoms with Crippen molar-refractivity contribution in [3.8, 4) is 22.8 Å². The molecule has 5 nitrogen and oxygen atoms in total. The molecule has 0 bridgehead atoms. The second-order valence-corrected chi connectivity index (χ2v) is 7.36. The number of aromatic carboxylic acids is 1. The number of nitrogens with zero attached hydrogens (tertiary/aromatic N) is 2. The average molecular weight is 439 g/mol. The van der Waals surface area contributed by atoms with Gasteiger partial charge in [-0.1, -0.05) is 53.5 Å². The van der Waals surface area contributed by atoms with Crippen molar-refractivity contribution < 1.29 is 14.6 Å². The number of hydrogen-bond acceptors (Lipinski definition) is 3. The maximum atomic E-state index is 11.5. The Morgan fingerprint density at radius 3 is 2.40 bits per heavy atom. The lowest BCUT2D eigenvalue weighted by Gasteiger charge is -2.11. The molecular weight excluding hydrogens is 423 g/mol. The van der Waals surface area contributed by atoms with E-state index < -0.39 is 5.97 Å². The molecule has 0 saturated carbocycles. The Labute approximate surface area is 183 Å². The zero-order chi connectivity index (χ0) is 21.1. The summed E-state index contributed by atoms with van der Waals surface area (Å²) in [4.78, 5) is 15.7. The molecule has 3 aromatic carbocycles. The molecule has 0 amide bonds. The van der Waals surface area contributed by atoms with Crippen molar-refractivity contribution in [1.29, 1.82) is 0 Å². The van der Waals surface area contributed by atoms with E-state index in [2.05, 4.69) is 4.98 Å². The monoisotopic (exact) mass is 438 g/mol. The fourth-order valence-electron chi connectivity index (χ4n) is 2.98. The molecule has 150 valence electrons. The molecule has 1 heterocycles. The maximum absolute atomic E-state index is 11.5. The van der Waals surface area contributed by atoms with Crippen LogP contribution in [0.4, 0.5) is 0 Å². The number of rotatable bonds is 6. The first kappa shape index (κ1) is 20.0. The Bertz CT molecular complexity index is 1190. The van der Waals surface area contributed by atoms with E-state index in [1.54, 1.807) is 22.8 Å². The Morgan fingerprint density at radius 1 is 1.00 bits per heavy atom. The number of carboxylic acid groups (broad SMARTS) is 1. The van der Waals surface area contributed by atoms with Gasteiger partial charge in [0.1, 0.15) is 18.2 Å². The van der Waals surface area contributed by atoms with Crippen molar-refractivity contribution in [2.24, 2.45) is 0 Å². The maximum Gasteiger partial charge on any atom is 0.356 e. The summed E-state index contributed by atoms with van der Waals surface area (Å²) < 4.78 is 7.50. The highest BCUT2D eigenvalue weighted by Gasteiger charge is 2.18. The van der Waals surface area contributed by atoms with Crippen LogP contribution in [0.5, 0.6) is 5.75 Å². The Balaban J connectivity index is 1.65. The van der Waals surface area contributed by atoms with Crippen LogP contribution < -0.4 is 4.74 Å². The van der Waals surface area contributed by atoms with Gasteiger partial charge in [-0.3, -0.25) is 4.57 Å².